The molecule has 5 unspecified atom stereocenters. The van der Waals surface area contributed by atoms with Crippen molar-refractivity contribution in [1.29, 1.82) is 0 Å². The van der Waals surface area contributed by atoms with Gasteiger partial charge in [-0.2, -0.15) is 5.10 Å². The number of Topliss-reactive ketones (excluding diaryl/α,β-unsaturated/α-hetero) is 1. The van der Waals surface area contributed by atoms with Gasteiger partial charge in [0, 0.05) is 30.1 Å². The molecular formula is C25H32N2O2. The Kier molecular flexibility index (Phi) is 4.11. The topological polar surface area (TPSA) is 52.0 Å². The Morgan fingerprint density at radius 2 is 1.90 bits per heavy atom. The number of fused-ring (bicyclic) bond motifs is 5. The molecule has 0 bridgehead atoms. The van der Waals surface area contributed by atoms with Crippen LogP contribution in [-0.2, 0) is 16.6 Å². The predicted octanol–water partition coefficient (Wildman–Crippen LogP) is 4.82. The second kappa shape index (κ2) is 6.26. The van der Waals surface area contributed by atoms with Crippen LogP contribution < -0.4 is 0 Å². The van der Waals surface area contributed by atoms with Gasteiger partial charge in [0.2, 0.25) is 0 Å². The Labute approximate surface area is 173 Å². The first-order chi connectivity index (χ1) is 13.7. The third kappa shape index (κ3) is 2.60. The van der Waals surface area contributed by atoms with Gasteiger partial charge < -0.3 is 0 Å². The summed E-state index contributed by atoms with van der Waals surface area (Å²) in [5.41, 5.74) is 4.51. The maximum atomic E-state index is 13.5. The monoisotopic (exact) mass is 392 g/mol. The first-order valence-electron chi connectivity index (χ1n) is 11.2. The highest BCUT2D eigenvalue weighted by atomic mass is 16.1. The van der Waals surface area contributed by atoms with Gasteiger partial charge in [0.15, 0.2) is 11.6 Å². The molecule has 0 aromatic carbocycles. The van der Waals surface area contributed by atoms with Gasteiger partial charge in [0.1, 0.15) is 0 Å². The molecule has 1 aromatic heterocycles. The van der Waals surface area contributed by atoms with E-state index in [1.54, 1.807) is 0 Å². The van der Waals surface area contributed by atoms with Crippen molar-refractivity contribution in [3.8, 4) is 0 Å². The van der Waals surface area contributed by atoms with Crippen LogP contribution in [0.1, 0.15) is 70.1 Å². The van der Waals surface area contributed by atoms with Crippen LogP contribution in [0.15, 0.2) is 23.4 Å². The molecule has 0 N–H and O–H groups in total. The smallest absolute Gasteiger partial charge is 0.165 e. The van der Waals surface area contributed by atoms with Crippen LogP contribution >= 0.6 is 0 Å². The average Bonchev–Trinajstić information content (AvgIpc) is 3.14. The molecule has 1 heterocycles. The zero-order chi connectivity index (χ0) is 20.6. The molecular weight excluding hydrogens is 360 g/mol. The van der Waals surface area contributed by atoms with Crippen molar-refractivity contribution in [3.05, 3.63) is 34.7 Å². The standard InChI is InChI=1S/C25H32N2O2/c1-15-17(14-26-27(15)4)11-16-12-22-20-6-5-18-13-19(28)7-9-24(18,2)21(20)8-10-25(22,3)23(16)29/h11,13-14,20-22H,5-10,12H2,1-4H3/b16-11+. The molecule has 0 amide bonds. The van der Waals surface area contributed by atoms with Crippen molar-refractivity contribution in [2.24, 2.45) is 35.6 Å². The largest absolute Gasteiger partial charge is 0.295 e. The number of carbonyl (C=O) groups is 2. The van der Waals surface area contributed by atoms with E-state index in [9.17, 15) is 9.59 Å². The summed E-state index contributed by atoms with van der Waals surface area (Å²) in [6, 6.07) is 0. The fourth-order valence-electron chi connectivity index (χ4n) is 7.20. The Balaban J connectivity index is 1.49. The minimum absolute atomic E-state index is 0.160. The van der Waals surface area contributed by atoms with Gasteiger partial charge in [-0.1, -0.05) is 19.4 Å². The average molecular weight is 393 g/mol. The zero-order valence-electron chi connectivity index (χ0n) is 18.1. The summed E-state index contributed by atoms with van der Waals surface area (Å²) in [6.45, 7) is 6.69. The van der Waals surface area contributed by atoms with Crippen LogP contribution in [0, 0.1) is 35.5 Å². The van der Waals surface area contributed by atoms with Gasteiger partial charge in [-0.25, -0.2) is 0 Å². The SMILES string of the molecule is Cc1c(/C=C2\CC3C4CCC5=CC(=O)CCC5(C)C4CCC3(C)C2=O)cnn1C. The first-order valence-corrected chi connectivity index (χ1v) is 11.2. The quantitative estimate of drug-likeness (QED) is 0.644. The van der Waals surface area contributed by atoms with Gasteiger partial charge in [0.25, 0.3) is 0 Å². The van der Waals surface area contributed by atoms with E-state index in [1.807, 2.05) is 24.0 Å². The highest BCUT2D eigenvalue weighted by molar-refractivity contribution is 6.06. The van der Waals surface area contributed by atoms with E-state index in [-0.39, 0.29) is 10.8 Å². The fraction of sp³-hybridized carbons (Fsp3) is 0.640. The second-order valence-electron chi connectivity index (χ2n) is 10.4. The van der Waals surface area contributed by atoms with Crippen molar-refractivity contribution in [1.82, 2.24) is 9.78 Å². The van der Waals surface area contributed by atoms with E-state index in [1.165, 1.54) is 5.57 Å². The van der Waals surface area contributed by atoms with Crippen molar-refractivity contribution in [2.75, 3.05) is 0 Å². The lowest BCUT2D eigenvalue weighted by molar-refractivity contribution is -0.130. The molecule has 3 fully saturated rings. The number of rotatable bonds is 1. The molecule has 4 nitrogen and oxygen atoms in total. The summed E-state index contributed by atoms with van der Waals surface area (Å²) in [5, 5.41) is 4.34. The molecule has 154 valence electrons. The summed E-state index contributed by atoms with van der Waals surface area (Å²) < 4.78 is 1.87. The van der Waals surface area contributed by atoms with Gasteiger partial charge in [-0.05, 0) is 86.3 Å². The van der Waals surface area contributed by atoms with Crippen molar-refractivity contribution in [3.63, 3.8) is 0 Å². The lowest BCUT2D eigenvalue weighted by Gasteiger charge is -2.56. The molecule has 4 aliphatic rings. The Morgan fingerprint density at radius 1 is 1.10 bits per heavy atom. The van der Waals surface area contributed by atoms with Gasteiger partial charge in [-0.3, -0.25) is 14.3 Å². The van der Waals surface area contributed by atoms with E-state index in [0.29, 0.717) is 35.7 Å². The number of allylic oxidation sites excluding steroid dienone is 2. The van der Waals surface area contributed by atoms with Crippen LogP contribution in [0.2, 0.25) is 0 Å². The van der Waals surface area contributed by atoms with Gasteiger partial charge in [0.05, 0.1) is 6.20 Å². The number of nitrogens with zero attached hydrogens (tertiary/aromatic N) is 2. The zero-order valence-corrected chi connectivity index (χ0v) is 18.1. The van der Waals surface area contributed by atoms with E-state index < -0.39 is 0 Å². The second-order valence-corrected chi connectivity index (χ2v) is 10.4. The number of carbonyl (C=O) groups excluding carboxylic acids is 2. The maximum Gasteiger partial charge on any atom is 0.165 e. The number of aryl methyl sites for hydroxylation is 1. The molecule has 3 saturated carbocycles. The van der Waals surface area contributed by atoms with Crippen LogP contribution in [0.5, 0.6) is 0 Å². The lowest BCUT2D eigenvalue weighted by Crippen LogP contribution is -2.50. The van der Waals surface area contributed by atoms with E-state index in [4.69, 9.17) is 0 Å². The predicted molar refractivity (Wildman–Crippen MR) is 113 cm³/mol. The normalized spacial score (nSPS) is 40.5. The van der Waals surface area contributed by atoms with Crippen molar-refractivity contribution >= 4 is 17.6 Å². The fourth-order valence-corrected chi connectivity index (χ4v) is 7.20. The highest BCUT2D eigenvalue weighted by Gasteiger charge is 2.60. The minimum Gasteiger partial charge on any atom is -0.295 e. The third-order valence-corrected chi connectivity index (χ3v) is 9.20. The first kappa shape index (κ1) is 19.0. The molecule has 0 radical (unpaired) electrons. The Morgan fingerprint density at radius 3 is 2.62 bits per heavy atom. The molecule has 1 aromatic rings. The van der Waals surface area contributed by atoms with Crippen LogP contribution in [0.4, 0.5) is 0 Å². The number of aromatic nitrogens is 2. The van der Waals surface area contributed by atoms with Crippen molar-refractivity contribution < 1.29 is 9.59 Å². The lowest BCUT2D eigenvalue weighted by atomic mass is 9.47. The summed E-state index contributed by atoms with van der Waals surface area (Å²) >= 11 is 0. The van der Waals surface area contributed by atoms with E-state index >= 15 is 0 Å². The molecule has 0 aliphatic heterocycles. The van der Waals surface area contributed by atoms with Crippen LogP contribution in [0.25, 0.3) is 6.08 Å². The molecule has 0 saturated heterocycles. The molecule has 5 atom stereocenters. The molecule has 5 rings (SSSR count). The van der Waals surface area contributed by atoms with E-state index in [2.05, 4.69) is 31.9 Å². The summed E-state index contributed by atoms with van der Waals surface area (Å²) in [5.74, 6) is 2.32. The summed E-state index contributed by atoms with van der Waals surface area (Å²) in [4.78, 5) is 25.5. The van der Waals surface area contributed by atoms with E-state index in [0.717, 1.165) is 55.4 Å². The van der Waals surface area contributed by atoms with Gasteiger partial charge in [-0.15, -0.1) is 0 Å². The summed E-state index contributed by atoms with van der Waals surface area (Å²) in [6.07, 6.45) is 12.8. The van der Waals surface area contributed by atoms with Gasteiger partial charge >= 0.3 is 0 Å². The number of hydrogen-bond donors (Lipinski definition) is 0. The number of hydrogen-bond acceptors (Lipinski definition) is 3. The highest BCUT2D eigenvalue weighted by Crippen LogP contribution is 2.65. The number of ketones is 2. The maximum absolute atomic E-state index is 13.5. The molecule has 0 spiro atoms. The van der Waals surface area contributed by atoms with Crippen molar-refractivity contribution in [2.45, 2.75) is 65.7 Å². The molecule has 4 aliphatic carbocycles. The Bertz CT molecular complexity index is 967. The summed E-state index contributed by atoms with van der Waals surface area (Å²) in [7, 11) is 1.95. The minimum atomic E-state index is -0.217. The van der Waals surface area contributed by atoms with Crippen LogP contribution in [0.3, 0.4) is 0 Å². The molecule has 29 heavy (non-hydrogen) atoms. The van der Waals surface area contributed by atoms with Crippen LogP contribution in [-0.4, -0.2) is 21.3 Å². The molecule has 4 heteroatoms. The third-order valence-electron chi connectivity index (χ3n) is 9.20. The Hall–Kier alpha value is -1.97.